The maximum absolute atomic E-state index is 13.1. The summed E-state index contributed by atoms with van der Waals surface area (Å²) in [5.41, 5.74) is 0.498. The molecule has 3 heterocycles. The van der Waals surface area contributed by atoms with Crippen LogP contribution in [0.3, 0.4) is 0 Å². The Morgan fingerprint density at radius 1 is 1.16 bits per heavy atom. The van der Waals surface area contributed by atoms with Gasteiger partial charge in [0.25, 0.3) is 0 Å². The van der Waals surface area contributed by atoms with Crippen molar-refractivity contribution in [3.63, 3.8) is 0 Å². The van der Waals surface area contributed by atoms with Gasteiger partial charge < -0.3 is 10.2 Å². The number of carbonyl (C=O) groups is 2. The monoisotopic (exact) mass is 439 g/mol. The molecule has 0 radical (unpaired) electrons. The summed E-state index contributed by atoms with van der Waals surface area (Å²) in [6.45, 7) is 1.58. The summed E-state index contributed by atoms with van der Waals surface area (Å²) < 4.78 is 1.51. The van der Waals surface area contributed by atoms with Gasteiger partial charge in [0.15, 0.2) is 5.78 Å². The van der Waals surface area contributed by atoms with Crippen LogP contribution in [-0.4, -0.2) is 55.6 Å². The molecule has 1 N–H and O–H groups in total. The molecule has 1 amide bonds. The number of hydrogen-bond donors (Lipinski definition) is 1. The maximum atomic E-state index is 13.1. The molecule has 3 aromatic rings. The van der Waals surface area contributed by atoms with Gasteiger partial charge in [-0.15, -0.1) is 0 Å². The minimum Gasteiger partial charge on any atom is -0.356 e. The minimum atomic E-state index is -0.886. The molecule has 1 aromatic carbocycles. The molecule has 9 nitrogen and oxygen atoms in total. The third kappa shape index (κ3) is 5.24. The van der Waals surface area contributed by atoms with Gasteiger partial charge in [0.05, 0.1) is 6.54 Å². The van der Waals surface area contributed by atoms with Crippen molar-refractivity contribution in [2.45, 2.75) is 25.4 Å². The second-order valence-corrected chi connectivity index (χ2v) is 7.69. The van der Waals surface area contributed by atoms with Gasteiger partial charge in [0.1, 0.15) is 24.4 Å². The Bertz CT molecular complexity index is 1020. The molecule has 0 bridgehead atoms. The zero-order chi connectivity index (χ0) is 21.6. The van der Waals surface area contributed by atoms with Gasteiger partial charge in [-0.1, -0.05) is 30.3 Å². The molecule has 31 heavy (non-hydrogen) atoms. The Balaban J connectivity index is 1.41. The van der Waals surface area contributed by atoms with Crippen LogP contribution in [0.1, 0.15) is 23.2 Å². The van der Waals surface area contributed by atoms with Gasteiger partial charge in [-0.05, 0) is 30.5 Å². The second-order valence-electron chi connectivity index (χ2n) is 7.35. The van der Waals surface area contributed by atoms with Gasteiger partial charge in [0, 0.05) is 30.9 Å². The van der Waals surface area contributed by atoms with E-state index in [0.717, 1.165) is 31.7 Å². The molecule has 10 heteroatoms. The first-order chi connectivity index (χ1) is 15.1. The van der Waals surface area contributed by atoms with Gasteiger partial charge in [-0.25, -0.2) is 15.0 Å². The minimum absolute atomic E-state index is 0.0251. The predicted molar refractivity (Wildman–Crippen MR) is 115 cm³/mol. The third-order valence-corrected chi connectivity index (χ3v) is 5.49. The standard InChI is InChI=1S/C21H22ClN7O2/c22-21-24-9-6-18(27-21)28-10-7-16(8-11-28)26-20(31)17(12-29-14-23-13-25-29)19(30)15-4-2-1-3-5-15/h1-6,9,13-14,16-17H,7-8,10-12H2,(H,26,31). The zero-order valence-electron chi connectivity index (χ0n) is 16.8. The summed E-state index contributed by atoms with van der Waals surface area (Å²) in [6, 6.07) is 10.6. The Kier molecular flexibility index (Phi) is 6.51. The largest absolute Gasteiger partial charge is 0.356 e. The van der Waals surface area contributed by atoms with E-state index in [1.54, 1.807) is 30.5 Å². The van der Waals surface area contributed by atoms with Crippen LogP contribution in [0, 0.1) is 5.92 Å². The smallest absolute Gasteiger partial charge is 0.233 e. The molecule has 1 aliphatic heterocycles. The number of carbonyl (C=O) groups excluding carboxylic acids is 2. The number of amides is 1. The zero-order valence-corrected chi connectivity index (χ0v) is 17.5. The van der Waals surface area contributed by atoms with E-state index < -0.39 is 5.92 Å². The molecule has 160 valence electrons. The van der Waals surface area contributed by atoms with E-state index in [-0.39, 0.29) is 29.6 Å². The summed E-state index contributed by atoms with van der Waals surface area (Å²) in [6.07, 6.45) is 6.00. The van der Waals surface area contributed by atoms with Crippen molar-refractivity contribution in [3.8, 4) is 0 Å². The molecule has 1 aliphatic rings. The van der Waals surface area contributed by atoms with Crippen LogP contribution in [0.15, 0.2) is 55.2 Å². The van der Waals surface area contributed by atoms with Gasteiger partial charge in [-0.3, -0.25) is 14.3 Å². The third-order valence-electron chi connectivity index (χ3n) is 5.30. The van der Waals surface area contributed by atoms with Crippen molar-refractivity contribution < 1.29 is 9.59 Å². The normalized spacial score (nSPS) is 15.5. The number of anilines is 1. The lowest BCUT2D eigenvalue weighted by atomic mass is 9.95. The van der Waals surface area contributed by atoms with E-state index in [9.17, 15) is 9.59 Å². The molecule has 1 unspecified atom stereocenters. The number of piperidine rings is 1. The van der Waals surface area contributed by atoms with Crippen molar-refractivity contribution in [1.29, 1.82) is 0 Å². The number of hydrogen-bond acceptors (Lipinski definition) is 7. The Hall–Kier alpha value is -3.33. The number of nitrogens with zero attached hydrogens (tertiary/aromatic N) is 6. The van der Waals surface area contributed by atoms with E-state index in [1.165, 1.54) is 17.3 Å². The van der Waals surface area contributed by atoms with Crippen LogP contribution >= 0.6 is 11.6 Å². The Labute approximate surface area is 184 Å². The first-order valence-corrected chi connectivity index (χ1v) is 10.4. The molecule has 0 saturated carbocycles. The van der Waals surface area contributed by atoms with Crippen LogP contribution in [0.2, 0.25) is 5.28 Å². The second kappa shape index (κ2) is 9.65. The van der Waals surface area contributed by atoms with Crippen molar-refractivity contribution in [3.05, 3.63) is 66.1 Å². The number of nitrogens with one attached hydrogen (secondary N) is 1. The molecule has 1 atom stereocenters. The Morgan fingerprint density at radius 3 is 2.61 bits per heavy atom. The van der Waals surface area contributed by atoms with Crippen molar-refractivity contribution in [2.24, 2.45) is 5.92 Å². The number of rotatable bonds is 7. The van der Waals surface area contributed by atoms with E-state index in [2.05, 4.69) is 30.3 Å². The maximum Gasteiger partial charge on any atom is 0.233 e. The Morgan fingerprint density at radius 2 is 1.94 bits per heavy atom. The first-order valence-electron chi connectivity index (χ1n) is 10.1. The fourth-order valence-electron chi connectivity index (χ4n) is 3.66. The highest BCUT2D eigenvalue weighted by Crippen LogP contribution is 2.20. The van der Waals surface area contributed by atoms with Crippen LogP contribution in [-0.2, 0) is 11.3 Å². The summed E-state index contributed by atoms with van der Waals surface area (Å²) in [5, 5.41) is 7.33. The highest BCUT2D eigenvalue weighted by Gasteiger charge is 2.31. The molecule has 0 spiro atoms. The lowest BCUT2D eigenvalue weighted by Crippen LogP contribution is -2.48. The van der Waals surface area contributed by atoms with Gasteiger partial charge in [0.2, 0.25) is 11.2 Å². The summed E-state index contributed by atoms with van der Waals surface area (Å²) in [5.74, 6) is -0.648. The highest BCUT2D eigenvalue weighted by atomic mass is 35.5. The van der Waals surface area contributed by atoms with Crippen molar-refractivity contribution >= 4 is 29.1 Å². The quantitative estimate of drug-likeness (QED) is 0.341. The van der Waals surface area contributed by atoms with Crippen molar-refractivity contribution in [1.82, 2.24) is 30.0 Å². The SMILES string of the molecule is O=C(NC1CCN(c2ccnc(Cl)n2)CC1)C(Cn1cncn1)C(=O)c1ccccc1. The average molecular weight is 440 g/mol. The number of benzene rings is 1. The fourth-order valence-corrected chi connectivity index (χ4v) is 3.80. The van der Waals surface area contributed by atoms with E-state index >= 15 is 0 Å². The topological polar surface area (TPSA) is 106 Å². The number of ketones is 1. The van der Waals surface area contributed by atoms with E-state index in [1.807, 2.05) is 12.1 Å². The molecule has 2 aromatic heterocycles. The number of halogens is 1. The van der Waals surface area contributed by atoms with Crippen LogP contribution in [0.4, 0.5) is 5.82 Å². The summed E-state index contributed by atoms with van der Waals surface area (Å²) in [4.78, 5) is 40.3. The first kappa shape index (κ1) is 20.9. The molecule has 1 fully saturated rings. The van der Waals surface area contributed by atoms with E-state index in [4.69, 9.17) is 11.6 Å². The van der Waals surface area contributed by atoms with Crippen LogP contribution in [0.25, 0.3) is 0 Å². The molecule has 4 rings (SSSR count). The number of aromatic nitrogens is 5. The van der Waals surface area contributed by atoms with Crippen molar-refractivity contribution in [2.75, 3.05) is 18.0 Å². The van der Waals surface area contributed by atoms with Gasteiger partial charge >= 0.3 is 0 Å². The molecular formula is C21H22ClN7O2. The van der Waals surface area contributed by atoms with Crippen LogP contribution in [0.5, 0.6) is 0 Å². The molecule has 0 aliphatic carbocycles. The van der Waals surface area contributed by atoms with E-state index in [0.29, 0.717) is 5.56 Å². The predicted octanol–water partition coefficient (Wildman–Crippen LogP) is 2.01. The van der Waals surface area contributed by atoms with Gasteiger partial charge in [-0.2, -0.15) is 5.10 Å². The number of Topliss-reactive ketones (excluding diaryl/α,β-unsaturated/α-hetero) is 1. The molecule has 1 saturated heterocycles. The molecular weight excluding hydrogens is 418 g/mol. The highest BCUT2D eigenvalue weighted by molar-refractivity contribution is 6.28. The summed E-state index contributed by atoms with van der Waals surface area (Å²) in [7, 11) is 0. The lowest BCUT2D eigenvalue weighted by Gasteiger charge is -2.33. The average Bonchev–Trinajstić information content (AvgIpc) is 3.31. The fraction of sp³-hybridized carbons (Fsp3) is 0.333. The lowest BCUT2D eigenvalue weighted by molar-refractivity contribution is -0.124. The summed E-state index contributed by atoms with van der Waals surface area (Å²) >= 11 is 5.89. The van der Waals surface area contributed by atoms with Crippen LogP contribution < -0.4 is 10.2 Å².